The fraction of sp³-hybridized carbons (Fsp3) is 0.889. The largest absolute Gasteiger partial charge is 0.450 e. The van der Waals surface area contributed by atoms with Gasteiger partial charge in [-0.3, -0.25) is 4.90 Å². The van der Waals surface area contributed by atoms with Crippen LogP contribution in [0.3, 0.4) is 0 Å². The highest BCUT2D eigenvalue weighted by Gasteiger charge is 2.25. The van der Waals surface area contributed by atoms with Crippen LogP contribution in [0.15, 0.2) is 0 Å². The van der Waals surface area contributed by atoms with Crippen molar-refractivity contribution < 1.29 is 9.53 Å². The number of thiol groups is 2. The van der Waals surface area contributed by atoms with Crippen LogP contribution in [0.2, 0.25) is 0 Å². The van der Waals surface area contributed by atoms with Gasteiger partial charge in [-0.25, -0.2) is 4.79 Å². The number of carbonyl (C=O) groups is 1. The molecule has 1 amide bonds. The van der Waals surface area contributed by atoms with Crippen molar-refractivity contribution in [3.05, 3.63) is 0 Å². The Bertz CT molecular complexity index is 168. The monoisotopic (exact) mass is 237 g/mol. The van der Waals surface area contributed by atoms with Crippen LogP contribution < -0.4 is 0 Å². The molecule has 0 saturated heterocycles. The number of nitrogens with zero attached hydrogens (tertiary/aromatic N) is 1. The molecule has 0 aliphatic heterocycles. The number of hydrogen-bond acceptors (Lipinski definition) is 4. The van der Waals surface area contributed by atoms with Gasteiger partial charge in [-0.2, -0.15) is 25.3 Å². The lowest BCUT2D eigenvalue weighted by molar-refractivity contribution is 0.0984. The van der Waals surface area contributed by atoms with Crippen molar-refractivity contribution in [2.45, 2.75) is 44.4 Å². The summed E-state index contributed by atoms with van der Waals surface area (Å²) in [6.07, 6.45) is 1.22. The van der Waals surface area contributed by atoms with Crippen LogP contribution in [-0.4, -0.2) is 28.3 Å². The minimum Gasteiger partial charge on any atom is -0.450 e. The SMILES string of the molecule is CCOC(=O)N(C(S)CC)C(S)CC. The molecule has 0 aromatic carbocycles. The summed E-state index contributed by atoms with van der Waals surface area (Å²) in [6.45, 7) is 6.11. The zero-order valence-electron chi connectivity index (χ0n) is 8.93. The zero-order valence-corrected chi connectivity index (χ0v) is 10.7. The van der Waals surface area contributed by atoms with Gasteiger partial charge in [0.25, 0.3) is 0 Å². The lowest BCUT2D eigenvalue weighted by Crippen LogP contribution is -2.42. The van der Waals surface area contributed by atoms with Crippen LogP contribution in [0, 0.1) is 0 Å². The predicted molar refractivity (Wildman–Crippen MR) is 65.0 cm³/mol. The Morgan fingerprint density at radius 3 is 1.93 bits per heavy atom. The van der Waals surface area contributed by atoms with E-state index in [0.29, 0.717) is 6.61 Å². The molecule has 0 saturated carbocycles. The highest BCUT2D eigenvalue weighted by molar-refractivity contribution is 7.81. The number of amides is 1. The van der Waals surface area contributed by atoms with Crippen molar-refractivity contribution in [3.8, 4) is 0 Å². The third-order valence-electron chi connectivity index (χ3n) is 1.85. The van der Waals surface area contributed by atoms with Gasteiger partial charge in [-0.15, -0.1) is 0 Å². The predicted octanol–water partition coefficient (Wildman–Crippen LogP) is 2.78. The summed E-state index contributed by atoms with van der Waals surface area (Å²) < 4.78 is 4.94. The van der Waals surface area contributed by atoms with Crippen molar-refractivity contribution in [1.82, 2.24) is 4.90 Å². The van der Waals surface area contributed by atoms with Crippen LogP contribution in [0.25, 0.3) is 0 Å². The van der Waals surface area contributed by atoms with E-state index in [2.05, 4.69) is 25.3 Å². The van der Waals surface area contributed by atoms with Crippen molar-refractivity contribution in [1.29, 1.82) is 0 Å². The zero-order chi connectivity index (χ0) is 11.1. The van der Waals surface area contributed by atoms with Crippen molar-refractivity contribution in [2.24, 2.45) is 0 Å². The maximum Gasteiger partial charge on any atom is 0.411 e. The van der Waals surface area contributed by atoms with Crippen molar-refractivity contribution in [2.75, 3.05) is 6.61 Å². The molecule has 0 N–H and O–H groups in total. The maximum absolute atomic E-state index is 11.5. The summed E-state index contributed by atoms with van der Waals surface area (Å²) in [5.41, 5.74) is 0. The Hall–Kier alpha value is -0.0300. The molecule has 5 heteroatoms. The third kappa shape index (κ3) is 4.00. The second-order valence-corrected chi connectivity index (χ2v) is 4.08. The molecule has 0 radical (unpaired) electrons. The number of hydrogen-bond donors (Lipinski definition) is 2. The molecule has 2 unspecified atom stereocenters. The smallest absolute Gasteiger partial charge is 0.411 e. The molecule has 84 valence electrons. The molecular weight excluding hydrogens is 218 g/mol. The Morgan fingerprint density at radius 2 is 1.64 bits per heavy atom. The van der Waals surface area contributed by atoms with Crippen LogP contribution in [0.1, 0.15) is 33.6 Å². The minimum absolute atomic E-state index is 0.128. The van der Waals surface area contributed by atoms with Gasteiger partial charge in [-0.05, 0) is 19.8 Å². The molecule has 0 heterocycles. The van der Waals surface area contributed by atoms with Gasteiger partial charge < -0.3 is 4.74 Å². The van der Waals surface area contributed by atoms with E-state index in [4.69, 9.17) is 4.74 Å². The molecule has 3 nitrogen and oxygen atoms in total. The third-order valence-corrected chi connectivity index (χ3v) is 3.08. The molecule has 2 atom stereocenters. The summed E-state index contributed by atoms with van der Waals surface area (Å²) >= 11 is 8.65. The molecule has 0 aromatic heterocycles. The molecule has 0 aromatic rings. The normalized spacial score (nSPS) is 14.6. The van der Waals surface area contributed by atoms with E-state index < -0.39 is 0 Å². The summed E-state index contributed by atoms with van der Waals surface area (Å²) in [7, 11) is 0. The standard InChI is InChI=1S/C9H19NO2S2/c1-4-7(13)10(8(14)5-2)9(11)12-6-3/h7-8,13-14H,4-6H2,1-3H3. The fourth-order valence-corrected chi connectivity index (χ4v) is 1.65. The second-order valence-electron chi connectivity index (χ2n) is 2.88. The van der Waals surface area contributed by atoms with Crippen molar-refractivity contribution >= 4 is 31.4 Å². The first kappa shape index (κ1) is 14.0. The molecular formula is C9H19NO2S2. The fourth-order valence-electron chi connectivity index (χ4n) is 1.03. The van der Waals surface area contributed by atoms with Crippen LogP contribution in [0.4, 0.5) is 4.79 Å². The Morgan fingerprint density at radius 1 is 1.21 bits per heavy atom. The molecule has 0 aliphatic carbocycles. The summed E-state index contributed by atoms with van der Waals surface area (Å²) in [5, 5.41) is -0.256. The highest BCUT2D eigenvalue weighted by Crippen LogP contribution is 2.18. The minimum atomic E-state index is -0.337. The molecule has 0 rings (SSSR count). The first-order valence-corrected chi connectivity index (χ1v) is 5.92. The first-order chi connectivity index (χ1) is 6.58. The van der Waals surface area contributed by atoms with Gasteiger partial charge in [0.15, 0.2) is 0 Å². The average Bonchev–Trinajstić information content (AvgIpc) is 2.17. The van der Waals surface area contributed by atoms with Gasteiger partial charge in [0.1, 0.15) is 0 Å². The molecule has 14 heavy (non-hydrogen) atoms. The van der Waals surface area contributed by atoms with Gasteiger partial charge in [-0.1, -0.05) is 13.8 Å². The number of carbonyl (C=O) groups excluding carboxylic acids is 1. The van der Waals surface area contributed by atoms with E-state index >= 15 is 0 Å². The van der Waals surface area contributed by atoms with E-state index in [1.54, 1.807) is 11.8 Å². The highest BCUT2D eigenvalue weighted by atomic mass is 32.1. The van der Waals surface area contributed by atoms with Crippen LogP contribution in [-0.2, 0) is 4.74 Å². The Labute approximate surface area is 97.0 Å². The van der Waals surface area contributed by atoms with E-state index in [-0.39, 0.29) is 16.8 Å². The molecule has 0 fully saturated rings. The van der Waals surface area contributed by atoms with Gasteiger partial charge in [0.05, 0.1) is 17.4 Å². The molecule has 0 bridgehead atoms. The lowest BCUT2D eigenvalue weighted by Gasteiger charge is -2.31. The van der Waals surface area contributed by atoms with Gasteiger partial charge in [0.2, 0.25) is 0 Å². The molecule has 0 aliphatic rings. The maximum atomic E-state index is 11.5. The second kappa shape index (κ2) is 7.29. The van der Waals surface area contributed by atoms with E-state index in [9.17, 15) is 4.79 Å². The van der Waals surface area contributed by atoms with Gasteiger partial charge >= 0.3 is 6.09 Å². The van der Waals surface area contributed by atoms with Crippen LogP contribution >= 0.6 is 25.3 Å². The lowest BCUT2D eigenvalue weighted by atomic mass is 10.3. The summed E-state index contributed by atoms with van der Waals surface area (Å²) in [6, 6.07) is 0. The van der Waals surface area contributed by atoms with E-state index in [0.717, 1.165) is 12.8 Å². The summed E-state index contributed by atoms with van der Waals surface area (Å²) in [4.78, 5) is 13.1. The first-order valence-electron chi connectivity index (χ1n) is 4.89. The number of rotatable bonds is 5. The molecule has 0 spiro atoms. The van der Waals surface area contributed by atoms with E-state index in [1.165, 1.54) is 0 Å². The van der Waals surface area contributed by atoms with Crippen LogP contribution in [0.5, 0.6) is 0 Å². The number of ether oxygens (including phenoxy) is 1. The van der Waals surface area contributed by atoms with Crippen molar-refractivity contribution in [3.63, 3.8) is 0 Å². The Kier molecular flexibility index (Phi) is 7.27. The quantitative estimate of drug-likeness (QED) is 0.569. The van der Waals surface area contributed by atoms with E-state index in [1.807, 2.05) is 13.8 Å². The topological polar surface area (TPSA) is 29.5 Å². The average molecular weight is 237 g/mol. The Balaban J connectivity index is 4.45. The van der Waals surface area contributed by atoms with Gasteiger partial charge in [0, 0.05) is 0 Å². The summed E-state index contributed by atoms with van der Waals surface area (Å²) in [5.74, 6) is 0.